The zero-order chi connectivity index (χ0) is 15.7. The first-order chi connectivity index (χ1) is 10.5. The summed E-state index contributed by atoms with van der Waals surface area (Å²) in [5.41, 5.74) is 2.19. The van der Waals surface area contributed by atoms with Crippen molar-refractivity contribution in [2.75, 3.05) is 0 Å². The van der Waals surface area contributed by atoms with Crippen LogP contribution in [0.3, 0.4) is 0 Å². The molecule has 0 aliphatic heterocycles. The lowest BCUT2D eigenvalue weighted by Crippen LogP contribution is -2.11. The Labute approximate surface area is 129 Å². The Bertz CT molecular complexity index is 944. The van der Waals surface area contributed by atoms with Crippen molar-refractivity contribution in [3.05, 3.63) is 65.9 Å². The molecule has 0 saturated heterocycles. The van der Waals surface area contributed by atoms with Crippen LogP contribution in [0.1, 0.15) is 11.1 Å². The molecule has 0 atom stereocenters. The number of benzene rings is 2. The normalized spacial score (nSPS) is 11.5. The Morgan fingerprint density at radius 3 is 2.55 bits per heavy atom. The number of nitrogens with zero attached hydrogens (tertiary/aromatic N) is 1. The highest BCUT2D eigenvalue weighted by molar-refractivity contribution is 7.87. The fourth-order valence-corrected chi connectivity index (χ4v) is 3.54. The number of aromatic nitrogens is 1. The second-order valence-electron chi connectivity index (χ2n) is 5.14. The molecule has 4 nitrogen and oxygen atoms in total. The van der Waals surface area contributed by atoms with E-state index in [1.54, 1.807) is 43.5 Å². The van der Waals surface area contributed by atoms with Crippen molar-refractivity contribution in [3.63, 3.8) is 0 Å². The molecule has 1 aromatic heterocycles. The molecule has 22 heavy (non-hydrogen) atoms. The van der Waals surface area contributed by atoms with Gasteiger partial charge in [0.25, 0.3) is 0 Å². The van der Waals surface area contributed by atoms with Crippen LogP contribution in [-0.4, -0.2) is 13.4 Å². The van der Waals surface area contributed by atoms with Crippen molar-refractivity contribution in [1.82, 2.24) is 4.98 Å². The lowest BCUT2D eigenvalue weighted by atomic mass is 10.2. The van der Waals surface area contributed by atoms with Crippen LogP contribution >= 0.6 is 0 Å². The molecule has 0 bridgehead atoms. The predicted molar refractivity (Wildman–Crippen MR) is 85.5 cm³/mol. The topological polar surface area (TPSA) is 56.3 Å². The predicted octanol–water partition coefficient (Wildman–Crippen LogP) is 3.62. The Hall–Kier alpha value is -2.40. The maximum Gasteiger partial charge on any atom is 0.339 e. The van der Waals surface area contributed by atoms with Crippen LogP contribution < -0.4 is 4.18 Å². The molecule has 2 aromatic carbocycles. The van der Waals surface area contributed by atoms with Crippen molar-refractivity contribution in [1.29, 1.82) is 0 Å². The monoisotopic (exact) mass is 313 g/mol. The van der Waals surface area contributed by atoms with E-state index in [0.717, 1.165) is 10.9 Å². The number of para-hydroxylation sites is 1. The molecule has 0 fully saturated rings. The summed E-state index contributed by atoms with van der Waals surface area (Å²) in [5, 5.41) is 0.829. The van der Waals surface area contributed by atoms with Crippen LogP contribution in [0.4, 0.5) is 0 Å². The SMILES string of the molecule is Cc1ccc(S(=O)(=O)Oc2cccc3cccnc23)c(C)c1. The summed E-state index contributed by atoms with van der Waals surface area (Å²) in [6, 6.07) is 14.0. The Kier molecular flexibility index (Phi) is 3.58. The maximum atomic E-state index is 12.5. The first-order valence-corrected chi connectivity index (χ1v) is 8.24. The zero-order valence-electron chi connectivity index (χ0n) is 12.3. The first-order valence-electron chi connectivity index (χ1n) is 6.83. The van der Waals surface area contributed by atoms with E-state index in [0.29, 0.717) is 11.1 Å². The number of hydrogen-bond acceptors (Lipinski definition) is 4. The van der Waals surface area contributed by atoms with Gasteiger partial charge in [0.15, 0.2) is 5.75 Å². The summed E-state index contributed by atoms with van der Waals surface area (Å²) in [5.74, 6) is 0.234. The van der Waals surface area contributed by atoms with Crippen molar-refractivity contribution in [2.45, 2.75) is 18.7 Å². The summed E-state index contributed by atoms with van der Waals surface area (Å²) in [7, 11) is -3.89. The van der Waals surface area contributed by atoms with Crippen LogP contribution in [0, 0.1) is 13.8 Å². The summed E-state index contributed by atoms with van der Waals surface area (Å²) in [6.07, 6.45) is 1.61. The van der Waals surface area contributed by atoms with Gasteiger partial charge in [-0.3, -0.25) is 4.98 Å². The molecular formula is C17H15NO3S. The van der Waals surface area contributed by atoms with E-state index in [9.17, 15) is 8.42 Å². The molecule has 0 N–H and O–H groups in total. The molecule has 0 saturated carbocycles. The Morgan fingerprint density at radius 2 is 1.77 bits per heavy atom. The number of rotatable bonds is 3. The van der Waals surface area contributed by atoms with Crippen LogP contribution in [0.2, 0.25) is 0 Å². The summed E-state index contributed by atoms with van der Waals surface area (Å²) >= 11 is 0. The quantitative estimate of drug-likeness (QED) is 0.693. The largest absolute Gasteiger partial charge is 0.377 e. The third kappa shape index (κ3) is 2.67. The van der Waals surface area contributed by atoms with Crippen LogP contribution in [0.25, 0.3) is 10.9 Å². The molecule has 0 unspecified atom stereocenters. The molecule has 112 valence electrons. The molecule has 3 rings (SSSR count). The Balaban J connectivity index is 2.07. The minimum atomic E-state index is -3.89. The number of aryl methyl sites for hydroxylation is 2. The zero-order valence-corrected chi connectivity index (χ0v) is 13.1. The van der Waals surface area contributed by atoms with Gasteiger partial charge in [-0.2, -0.15) is 8.42 Å². The number of fused-ring (bicyclic) bond motifs is 1. The van der Waals surface area contributed by atoms with Crippen molar-refractivity contribution in [2.24, 2.45) is 0 Å². The summed E-state index contributed by atoms with van der Waals surface area (Å²) in [6.45, 7) is 3.67. The standard InChI is InChI=1S/C17H15NO3S/c1-12-8-9-16(13(2)11-12)22(19,20)21-15-7-3-5-14-6-4-10-18-17(14)15/h3-11H,1-2H3. The highest BCUT2D eigenvalue weighted by Crippen LogP contribution is 2.27. The van der Waals surface area contributed by atoms with E-state index < -0.39 is 10.1 Å². The average molecular weight is 313 g/mol. The van der Waals surface area contributed by atoms with Gasteiger partial charge in [-0.25, -0.2) is 0 Å². The van der Waals surface area contributed by atoms with E-state index in [1.807, 2.05) is 25.1 Å². The summed E-state index contributed by atoms with van der Waals surface area (Å²) < 4.78 is 30.4. The smallest absolute Gasteiger partial charge is 0.339 e. The van der Waals surface area contributed by atoms with E-state index in [-0.39, 0.29) is 10.6 Å². The van der Waals surface area contributed by atoms with Crippen molar-refractivity contribution in [3.8, 4) is 5.75 Å². The highest BCUT2D eigenvalue weighted by Gasteiger charge is 2.20. The second-order valence-corrected chi connectivity index (χ2v) is 6.65. The van der Waals surface area contributed by atoms with Crippen LogP contribution in [-0.2, 0) is 10.1 Å². The number of hydrogen-bond donors (Lipinski definition) is 0. The van der Waals surface area contributed by atoms with Crippen molar-refractivity contribution < 1.29 is 12.6 Å². The van der Waals surface area contributed by atoms with Gasteiger partial charge in [0, 0.05) is 11.6 Å². The first kappa shape index (κ1) is 14.5. The highest BCUT2D eigenvalue weighted by atomic mass is 32.2. The number of pyridine rings is 1. The lowest BCUT2D eigenvalue weighted by Gasteiger charge is -2.11. The van der Waals surface area contributed by atoms with Crippen LogP contribution in [0.5, 0.6) is 5.75 Å². The van der Waals surface area contributed by atoms with Gasteiger partial charge < -0.3 is 4.18 Å². The minimum Gasteiger partial charge on any atom is -0.377 e. The third-order valence-electron chi connectivity index (χ3n) is 3.39. The molecule has 0 aliphatic rings. The van der Waals surface area contributed by atoms with Gasteiger partial charge in [0.1, 0.15) is 10.4 Å². The van der Waals surface area contributed by atoms with Gasteiger partial charge in [-0.05, 0) is 37.6 Å². The third-order valence-corrected chi connectivity index (χ3v) is 4.79. The molecule has 3 aromatic rings. The lowest BCUT2D eigenvalue weighted by molar-refractivity contribution is 0.487. The van der Waals surface area contributed by atoms with E-state index in [1.165, 1.54) is 0 Å². The second kappa shape index (κ2) is 5.42. The van der Waals surface area contributed by atoms with Crippen molar-refractivity contribution >= 4 is 21.0 Å². The van der Waals surface area contributed by atoms with E-state index in [2.05, 4.69) is 4.98 Å². The fourth-order valence-electron chi connectivity index (χ4n) is 2.39. The van der Waals surface area contributed by atoms with E-state index >= 15 is 0 Å². The van der Waals surface area contributed by atoms with Crippen LogP contribution in [0.15, 0.2) is 59.6 Å². The molecule has 0 radical (unpaired) electrons. The molecular weight excluding hydrogens is 298 g/mol. The molecule has 0 spiro atoms. The van der Waals surface area contributed by atoms with Gasteiger partial charge in [-0.1, -0.05) is 35.9 Å². The molecule has 5 heteroatoms. The Morgan fingerprint density at radius 1 is 1.00 bits per heavy atom. The molecule has 0 aliphatic carbocycles. The van der Waals surface area contributed by atoms with Gasteiger partial charge in [-0.15, -0.1) is 0 Å². The average Bonchev–Trinajstić information content (AvgIpc) is 2.47. The van der Waals surface area contributed by atoms with Gasteiger partial charge in [0.05, 0.1) is 0 Å². The maximum absolute atomic E-state index is 12.5. The van der Waals surface area contributed by atoms with E-state index in [4.69, 9.17) is 4.18 Å². The fraction of sp³-hybridized carbons (Fsp3) is 0.118. The molecule has 0 amide bonds. The molecule has 1 heterocycles. The van der Waals surface area contributed by atoms with Gasteiger partial charge in [0.2, 0.25) is 0 Å². The minimum absolute atomic E-state index is 0.172. The summed E-state index contributed by atoms with van der Waals surface area (Å²) in [4.78, 5) is 4.38. The van der Waals surface area contributed by atoms with Gasteiger partial charge >= 0.3 is 10.1 Å².